The van der Waals surface area contributed by atoms with Gasteiger partial charge in [0.1, 0.15) is 12.1 Å². The van der Waals surface area contributed by atoms with Gasteiger partial charge in [0.25, 0.3) is 5.91 Å². The molecule has 22 heavy (non-hydrogen) atoms. The molecule has 0 aromatic heterocycles. The molecule has 0 spiro atoms. The van der Waals surface area contributed by atoms with Crippen LogP contribution in [0, 0.1) is 5.92 Å². The third kappa shape index (κ3) is 2.61. The second kappa shape index (κ2) is 5.72. The van der Waals surface area contributed by atoms with Crippen LogP contribution in [-0.2, 0) is 27.3 Å². The van der Waals surface area contributed by atoms with Crippen LogP contribution in [0.5, 0.6) is 0 Å². The number of carbonyl (C=O) groups is 2. The van der Waals surface area contributed by atoms with E-state index >= 15 is 0 Å². The van der Waals surface area contributed by atoms with Crippen molar-refractivity contribution in [2.45, 2.75) is 51.5 Å². The average Bonchev–Trinajstić information content (AvgIpc) is 2.83. The van der Waals surface area contributed by atoms with E-state index in [-0.39, 0.29) is 17.9 Å². The molecule has 0 bridgehead atoms. The number of fused-ring (bicyclic) bond motifs is 1. The lowest BCUT2D eigenvalue weighted by atomic mass is 9.92. The van der Waals surface area contributed by atoms with Crippen LogP contribution in [0.4, 0.5) is 0 Å². The van der Waals surface area contributed by atoms with Crippen LogP contribution in [0.15, 0.2) is 24.3 Å². The first-order chi connectivity index (χ1) is 10.5. The quantitative estimate of drug-likeness (QED) is 0.893. The lowest BCUT2D eigenvalue weighted by molar-refractivity contribution is -0.151. The van der Waals surface area contributed by atoms with Crippen molar-refractivity contribution in [1.29, 1.82) is 0 Å². The highest BCUT2D eigenvalue weighted by Gasteiger charge is 2.42. The van der Waals surface area contributed by atoms with Crippen molar-refractivity contribution in [1.82, 2.24) is 4.90 Å². The standard InChI is InChI=1S/C17H22N2O3/c1-10-7-11(2)22-15(10)17(21)19-9-13-6-4-3-5-12(13)8-14(19)16(18)20/h3-6,10-11,14-15H,7-9H2,1-2H3,(H2,18,20)/t10?,11?,14-,15?/m0/s1. The van der Waals surface area contributed by atoms with E-state index < -0.39 is 18.1 Å². The molecule has 3 unspecified atom stereocenters. The Hall–Kier alpha value is -1.88. The normalized spacial score (nSPS) is 30.9. The second-order valence-corrected chi connectivity index (χ2v) is 6.44. The highest BCUT2D eigenvalue weighted by Crippen LogP contribution is 2.30. The molecule has 0 radical (unpaired) electrons. The van der Waals surface area contributed by atoms with Gasteiger partial charge < -0.3 is 15.4 Å². The SMILES string of the molecule is CC1CC(C)C(C(=O)N2Cc3ccccc3C[C@H]2C(N)=O)O1. The summed E-state index contributed by atoms with van der Waals surface area (Å²) in [6, 6.07) is 7.29. The minimum absolute atomic E-state index is 0.0769. The first-order valence-electron chi connectivity index (χ1n) is 7.79. The molecule has 4 atom stereocenters. The molecule has 2 N–H and O–H groups in total. The van der Waals surface area contributed by atoms with Gasteiger partial charge in [0.2, 0.25) is 5.91 Å². The Labute approximate surface area is 130 Å². The van der Waals surface area contributed by atoms with E-state index in [1.54, 1.807) is 4.90 Å². The molecule has 3 rings (SSSR count). The fourth-order valence-corrected chi connectivity index (χ4v) is 3.56. The summed E-state index contributed by atoms with van der Waals surface area (Å²) in [6.07, 6.45) is 0.950. The Kier molecular flexibility index (Phi) is 3.91. The lowest BCUT2D eigenvalue weighted by Crippen LogP contribution is -2.54. The van der Waals surface area contributed by atoms with E-state index in [1.165, 1.54) is 0 Å². The molecule has 1 fully saturated rings. The highest BCUT2D eigenvalue weighted by molar-refractivity contribution is 5.89. The molecule has 1 saturated heterocycles. The van der Waals surface area contributed by atoms with Gasteiger partial charge in [-0.2, -0.15) is 0 Å². The van der Waals surface area contributed by atoms with E-state index in [2.05, 4.69) is 0 Å². The molecular formula is C17H22N2O3. The van der Waals surface area contributed by atoms with E-state index in [9.17, 15) is 9.59 Å². The Morgan fingerprint density at radius 1 is 1.23 bits per heavy atom. The summed E-state index contributed by atoms with van der Waals surface area (Å²) >= 11 is 0. The van der Waals surface area contributed by atoms with Gasteiger partial charge in [0.05, 0.1) is 6.10 Å². The van der Waals surface area contributed by atoms with Gasteiger partial charge in [-0.1, -0.05) is 31.2 Å². The summed E-state index contributed by atoms with van der Waals surface area (Å²) in [5.74, 6) is -0.412. The van der Waals surface area contributed by atoms with Crippen molar-refractivity contribution in [3.63, 3.8) is 0 Å². The number of nitrogens with two attached hydrogens (primary N) is 1. The summed E-state index contributed by atoms with van der Waals surface area (Å²) in [6.45, 7) is 4.41. The number of amides is 2. The molecule has 1 aromatic rings. The summed E-state index contributed by atoms with van der Waals surface area (Å²) < 4.78 is 5.76. The van der Waals surface area contributed by atoms with Crippen LogP contribution >= 0.6 is 0 Å². The number of ether oxygens (including phenoxy) is 1. The van der Waals surface area contributed by atoms with E-state index in [1.807, 2.05) is 38.1 Å². The molecule has 5 nitrogen and oxygen atoms in total. The fraction of sp³-hybridized carbons (Fsp3) is 0.529. The van der Waals surface area contributed by atoms with Gasteiger partial charge in [-0.25, -0.2) is 0 Å². The van der Waals surface area contributed by atoms with Crippen molar-refractivity contribution in [3.8, 4) is 0 Å². The van der Waals surface area contributed by atoms with Crippen molar-refractivity contribution < 1.29 is 14.3 Å². The van der Waals surface area contributed by atoms with Crippen LogP contribution in [0.3, 0.4) is 0 Å². The van der Waals surface area contributed by atoms with Gasteiger partial charge in [-0.15, -0.1) is 0 Å². The highest BCUT2D eigenvalue weighted by atomic mass is 16.5. The van der Waals surface area contributed by atoms with Gasteiger partial charge >= 0.3 is 0 Å². The molecule has 2 aliphatic heterocycles. The third-order valence-corrected chi connectivity index (χ3v) is 4.70. The summed E-state index contributed by atoms with van der Waals surface area (Å²) in [7, 11) is 0. The van der Waals surface area contributed by atoms with Gasteiger partial charge in [-0.05, 0) is 30.4 Å². The van der Waals surface area contributed by atoms with Crippen LogP contribution in [0.2, 0.25) is 0 Å². The predicted octanol–water partition coefficient (Wildman–Crippen LogP) is 1.24. The molecule has 2 amide bonds. The smallest absolute Gasteiger partial charge is 0.252 e. The number of rotatable bonds is 2. The number of nitrogens with zero attached hydrogens (tertiary/aromatic N) is 1. The maximum Gasteiger partial charge on any atom is 0.252 e. The molecular weight excluding hydrogens is 280 g/mol. The van der Waals surface area contributed by atoms with Crippen LogP contribution in [-0.4, -0.2) is 35.0 Å². The van der Waals surface area contributed by atoms with E-state index in [4.69, 9.17) is 10.5 Å². The van der Waals surface area contributed by atoms with Crippen LogP contribution < -0.4 is 5.73 Å². The zero-order valence-electron chi connectivity index (χ0n) is 13.0. The van der Waals surface area contributed by atoms with Crippen molar-refractivity contribution >= 4 is 11.8 Å². The Bertz CT molecular complexity index is 601. The average molecular weight is 302 g/mol. The zero-order chi connectivity index (χ0) is 15.9. The topological polar surface area (TPSA) is 72.6 Å². The summed E-state index contributed by atoms with van der Waals surface area (Å²) in [4.78, 5) is 26.3. The number of hydrogen-bond donors (Lipinski definition) is 1. The van der Waals surface area contributed by atoms with Gasteiger partial charge in [0, 0.05) is 13.0 Å². The molecule has 2 aliphatic rings. The van der Waals surface area contributed by atoms with E-state index in [0.29, 0.717) is 13.0 Å². The number of primary amides is 1. The molecule has 118 valence electrons. The van der Waals surface area contributed by atoms with Crippen molar-refractivity contribution in [2.75, 3.05) is 0 Å². The summed E-state index contributed by atoms with van der Waals surface area (Å²) in [5, 5.41) is 0. The first-order valence-corrected chi connectivity index (χ1v) is 7.79. The van der Waals surface area contributed by atoms with Gasteiger partial charge in [0.15, 0.2) is 0 Å². The van der Waals surface area contributed by atoms with Gasteiger partial charge in [-0.3, -0.25) is 9.59 Å². The molecule has 5 heteroatoms. The predicted molar refractivity (Wildman–Crippen MR) is 81.8 cm³/mol. The van der Waals surface area contributed by atoms with Crippen molar-refractivity contribution in [2.24, 2.45) is 11.7 Å². The maximum atomic E-state index is 12.9. The third-order valence-electron chi connectivity index (χ3n) is 4.70. The summed E-state index contributed by atoms with van der Waals surface area (Å²) in [5.41, 5.74) is 7.70. The fourth-order valence-electron chi connectivity index (χ4n) is 3.56. The molecule has 0 aliphatic carbocycles. The van der Waals surface area contributed by atoms with Crippen molar-refractivity contribution in [3.05, 3.63) is 35.4 Å². The zero-order valence-corrected chi connectivity index (χ0v) is 13.0. The Balaban J connectivity index is 1.87. The molecule has 0 saturated carbocycles. The Morgan fingerprint density at radius 2 is 1.91 bits per heavy atom. The minimum Gasteiger partial charge on any atom is -0.368 e. The minimum atomic E-state index is -0.589. The molecule has 1 aromatic carbocycles. The number of hydrogen-bond acceptors (Lipinski definition) is 3. The first kappa shape index (κ1) is 15.0. The van der Waals surface area contributed by atoms with E-state index in [0.717, 1.165) is 17.5 Å². The number of benzene rings is 1. The second-order valence-electron chi connectivity index (χ2n) is 6.44. The van der Waals surface area contributed by atoms with Crippen LogP contribution in [0.25, 0.3) is 0 Å². The number of carbonyl (C=O) groups excluding carboxylic acids is 2. The molecule has 2 heterocycles. The monoisotopic (exact) mass is 302 g/mol. The Morgan fingerprint density at radius 3 is 2.50 bits per heavy atom. The maximum absolute atomic E-state index is 12.9. The lowest BCUT2D eigenvalue weighted by Gasteiger charge is -2.37. The largest absolute Gasteiger partial charge is 0.368 e. The van der Waals surface area contributed by atoms with Crippen LogP contribution in [0.1, 0.15) is 31.4 Å².